The fraction of sp³-hybridized carbons (Fsp3) is 0.400. The van der Waals surface area contributed by atoms with Crippen LogP contribution in [-0.2, 0) is 30.6 Å². The first-order chi connectivity index (χ1) is 20.5. The number of pyridine rings is 1. The number of carbonyl (C=O) groups excluding carboxylic acids is 2. The van der Waals surface area contributed by atoms with Gasteiger partial charge in [-0.1, -0.05) is 28.1 Å². The van der Waals surface area contributed by atoms with E-state index in [-0.39, 0.29) is 27.4 Å². The van der Waals surface area contributed by atoms with Crippen molar-refractivity contribution < 1.29 is 38.8 Å². The first kappa shape index (κ1) is 30.5. The van der Waals surface area contributed by atoms with Gasteiger partial charge >= 0.3 is 11.9 Å². The number of nitrogens with one attached hydrogen (secondary N) is 3. The number of carboxylic acid groups (broad SMARTS) is 2. The highest BCUT2D eigenvalue weighted by atomic mass is 35.5. The van der Waals surface area contributed by atoms with Crippen LogP contribution in [0.25, 0.3) is 0 Å². The Morgan fingerprint density at radius 3 is 2.70 bits per heavy atom. The number of thiazole rings is 1. The summed E-state index contributed by atoms with van der Waals surface area (Å²) in [6.45, 7) is 3.33. The number of halogens is 1. The van der Waals surface area contributed by atoms with Crippen molar-refractivity contribution in [2.45, 2.75) is 43.5 Å². The number of nitrogen functional groups attached to an aromatic ring is 1. The molecule has 228 valence electrons. The van der Waals surface area contributed by atoms with Gasteiger partial charge in [0.1, 0.15) is 27.1 Å². The number of carboxylic acids is 2. The molecule has 18 heteroatoms. The molecule has 5 rings (SSSR count). The molecule has 2 aromatic heterocycles. The standard InChI is InChI=1S/C25H27ClN8O7S2/c1-11(23(37)38)41-32-16(15-19(26)43-25(27)31-15)20(35)30-17-21(36)34-18(24(39)40)12(10-42-22(17)34)9-33-6-3-13(4-7-33)29-14-2-5-28-8-14/h3-4,6-7,11,14,17,22,28H,2,5,8-10H2,1H3,(H5,27,30,31,35,37,38,39,40)/p+1/b32-16-/t11-,14+,17+,22+/m0/s1. The Morgan fingerprint density at radius 2 is 2.09 bits per heavy atom. The van der Waals surface area contributed by atoms with Crippen molar-refractivity contribution in [1.29, 1.82) is 0 Å². The van der Waals surface area contributed by atoms with Gasteiger partial charge in [-0.05, 0) is 19.9 Å². The Bertz CT molecular complexity index is 1510. The van der Waals surface area contributed by atoms with E-state index in [0.29, 0.717) is 17.4 Å². The van der Waals surface area contributed by atoms with Gasteiger partial charge in [0.2, 0.25) is 6.10 Å². The van der Waals surface area contributed by atoms with E-state index >= 15 is 0 Å². The number of aromatic nitrogens is 2. The van der Waals surface area contributed by atoms with Crippen molar-refractivity contribution in [3.63, 3.8) is 0 Å². The van der Waals surface area contributed by atoms with Crippen LogP contribution in [0.4, 0.5) is 10.8 Å². The van der Waals surface area contributed by atoms with Gasteiger partial charge in [0.25, 0.3) is 11.8 Å². The van der Waals surface area contributed by atoms with E-state index < -0.39 is 47.0 Å². The average molecular weight is 652 g/mol. The fourth-order valence-electron chi connectivity index (χ4n) is 4.74. The number of oxime groups is 1. The molecule has 3 aliphatic heterocycles. The Balaban J connectivity index is 1.30. The maximum absolute atomic E-state index is 13.2. The molecule has 0 bridgehead atoms. The van der Waals surface area contributed by atoms with Crippen molar-refractivity contribution in [2.24, 2.45) is 5.16 Å². The van der Waals surface area contributed by atoms with Crippen molar-refractivity contribution in [3.8, 4) is 0 Å². The SMILES string of the molecule is C[C@H](O/N=C(\C(=O)N[C@@H]1C(=O)N2C(C(=O)O)=C(C[n+]3ccc(N[C@@H]4CCNC4)cc3)CS[C@H]12)c1nc(N)sc1Cl)C(=O)O. The molecular weight excluding hydrogens is 624 g/mol. The number of anilines is 2. The molecule has 2 amide bonds. The molecule has 0 unspecified atom stereocenters. The topological polar surface area (TPSA) is 212 Å². The van der Waals surface area contributed by atoms with E-state index in [4.69, 9.17) is 27.3 Å². The fourth-order valence-corrected chi connectivity index (χ4v) is 7.00. The lowest BCUT2D eigenvalue weighted by Crippen LogP contribution is -2.71. The monoisotopic (exact) mass is 651 g/mol. The number of fused-ring (bicyclic) bond motifs is 1. The van der Waals surface area contributed by atoms with Gasteiger partial charge in [-0.25, -0.2) is 19.1 Å². The molecule has 0 spiro atoms. The highest BCUT2D eigenvalue weighted by Gasteiger charge is 2.55. The maximum Gasteiger partial charge on any atom is 0.352 e. The molecule has 2 aromatic rings. The van der Waals surface area contributed by atoms with Crippen LogP contribution in [0.1, 0.15) is 19.0 Å². The minimum atomic E-state index is -1.40. The lowest BCUT2D eigenvalue weighted by molar-refractivity contribution is -0.688. The molecular formula is C25H28ClN8O7S2+. The zero-order valence-corrected chi connectivity index (χ0v) is 25.0. The Hall–Kier alpha value is -3.93. The molecule has 2 fully saturated rings. The minimum Gasteiger partial charge on any atom is -0.478 e. The van der Waals surface area contributed by atoms with Crippen LogP contribution in [0.2, 0.25) is 4.34 Å². The quantitative estimate of drug-likeness (QED) is 0.0825. The van der Waals surface area contributed by atoms with Gasteiger partial charge in [0, 0.05) is 41.7 Å². The summed E-state index contributed by atoms with van der Waals surface area (Å²) in [5.74, 6) is -3.83. The van der Waals surface area contributed by atoms with E-state index in [2.05, 4.69) is 26.1 Å². The Labute approximate surface area is 258 Å². The van der Waals surface area contributed by atoms with Gasteiger partial charge in [-0.15, -0.1) is 11.8 Å². The maximum atomic E-state index is 13.2. The van der Waals surface area contributed by atoms with Crippen molar-refractivity contribution in [3.05, 3.63) is 45.8 Å². The molecule has 0 saturated carbocycles. The van der Waals surface area contributed by atoms with E-state index in [0.717, 1.165) is 41.4 Å². The number of thioether (sulfide) groups is 1. The lowest BCUT2D eigenvalue weighted by atomic mass is 10.0. The zero-order valence-electron chi connectivity index (χ0n) is 22.7. The molecule has 7 N–H and O–H groups in total. The van der Waals surface area contributed by atoms with Crippen molar-refractivity contribution in [2.75, 3.05) is 29.9 Å². The van der Waals surface area contributed by atoms with E-state index in [1.807, 2.05) is 29.1 Å². The summed E-state index contributed by atoms with van der Waals surface area (Å²) in [4.78, 5) is 60.0. The van der Waals surface area contributed by atoms with Crippen molar-refractivity contribution >= 4 is 75.0 Å². The predicted molar refractivity (Wildman–Crippen MR) is 157 cm³/mol. The molecule has 15 nitrogen and oxygen atoms in total. The largest absolute Gasteiger partial charge is 0.478 e. The van der Waals surface area contributed by atoms with Crippen LogP contribution in [-0.4, -0.2) is 92.0 Å². The number of rotatable bonds is 11. The highest BCUT2D eigenvalue weighted by molar-refractivity contribution is 8.00. The van der Waals surface area contributed by atoms with Gasteiger partial charge in [0.15, 0.2) is 29.8 Å². The minimum absolute atomic E-state index is 0.00387. The van der Waals surface area contributed by atoms with Crippen LogP contribution < -0.4 is 26.3 Å². The summed E-state index contributed by atoms with van der Waals surface area (Å²) in [5.41, 5.74) is 6.43. The second kappa shape index (κ2) is 12.7. The summed E-state index contributed by atoms with van der Waals surface area (Å²) in [5, 5.41) is 31.4. The first-order valence-electron chi connectivity index (χ1n) is 13.1. The summed E-state index contributed by atoms with van der Waals surface area (Å²) >= 11 is 8.32. The number of nitrogens with two attached hydrogens (primary N) is 1. The number of aliphatic carboxylic acids is 2. The molecule has 5 heterocycles. The number of β-lactam (4-membered cyclic amide) rings is 1. The van der Waals surface area contributed by atoms with Crippen LogP contribution in [0, 0.1) is 0 Å². The molecule has 4 atom stereocenters. The van der Waals surface area contributed by atoms with E-state index in [9.17, 15) is 24.3 Å². The molecule has 3 aliphatic rings. The van der Waals surface area contributed by atoms with Gasteiger partial charge in [-0.2, -0.15) is 0 Å². The summed E-state index contributed by atoms with van der Waals surface area (Å²) < 4.78 is 1.84. The van der Waals surface area contributed by atoms with Crippen LogP contribution >= 0.6 is 34.7 Å². The first-order valence-corrected chi connectivity index (χ1v) is 15.3. The zero-order chi connectivity index (χ0) is 30.8. The number of carbonyl (C=O) groups is 4. The number of nitrogens with zero attached hydrogens (tertiary/aromatic N) is 4. The third-order valence-electron chi connectivity index (χ3n) is 6.92. The van der Waals surface area contributed by atoms with Crippen LogP contribution in [0.15, 0.2) is 41.0 Å². The number of hydrogen-bond acceptors (Lipinski definition) is 12. The third kappa shape index (κ3) is 6.53. The van der Waals surface area contributed by atoms with Gasteiger partial charge < -0.3 is 36.7 Å². The predicted octanol–water partition coefficient (Wildman–Crippen LogP) is 0.0726. The highest BCUT2D eigenvalue weighted by Crippen LogP contribution is 2.40. The van der Waals surface area contributed by atoms with E-state index in [1.165, 1.54) is 18.7 Å². The summed E-state index contributed by atoms with van der Waals surface area (Å²) in [7, 11) is 0. The average Bonchev–Trinajstić information content (AvgIpc) is 3.60. The third-order valence-corrected chi connectivity index (χ3v) is 9.35. The van der Waals surface area contributed by atoms with Crippen LogP contribution in [0.5, 0.6) is 0 Å². The van der Waals surface area contributed by atoms with Gasteiger partial charge in [-0.3, -0.25) is 14.5 Å². The second-order valence-electron chi connectivity index (χ2n) is 9.91. The number of amides is 2. The molecule has 2 saturated heterocycles. The van der Waals surface area contributed by atoms with E-state index in [1.54, 1.807) is 0 Å². The van der Waals surface area contributed by atoms with Crippen molar-refractivity contribution in [1.82, 2.24) is 20.5 Å². The molecule has 43 heavy (non-hydrogen) atoms. The molecule has 0 aliphatic carbocycles. The summed E-state index contributed by atoms with van der Waals surface area (Å²) in [6.07, 6.45) is 3.33. The molecule has 0 radical (unpaired) electrons. The Kier molecular flexibility index (Phi) is 9.05. The lowest BCUT2D eigenvalue weighted by Gasteiger charge is -2.49. The molecule has 0 aromatic carbocycles. The number of hydrogen-bond donors (Lipinski definition) is 6. The summed E-state index contributed by atoms with van der Waals surface area (Å²) in [6, 6.07) is 3.10. The smallest absolute Gasteiger partial charge is 0.352 e. The normalized spacial score (nSPS) is 22.5. The Morgan fingerprint density at radius 1 is 1.35 bits per heavy atom. The second-order valence-corrected chi connectivity index (χ2v) is 12.6. The van der Waals surface area contributed by atoms with Gasteiger partial charge in [0.05, 0.1) is 0 Å². The van der Waals surface area contributed by atoms with Crippen LogP contribution in [0.3, 0.4) is 0 Å².